The first-order chi connectivity index (χ1) is 12.2. The van der Waals surface area contributed by atoms with Gasteiger partial charge >= 0.3 is 6.03 Å². The molecule has 130 valence electrons. The monoisotopic (exact) mass is 340 g/mol. The van der Waals surface area contributed by atoms with Gasteiger partial charge in [0.2, 0.25) is 5.91 Å². The van der Waals surface area contributed by atoms with Crippen LogP contribution in [-0.4, -0.2) is 59.5 Å². The Kier molecular flexibility index (Phi) is 5.40. The zero-order valence-electron chi connectivity index (χ0n) is 13.8. The van der Waals surface area contributed by atoms with Crippen molar-refractivity contribution in [2.75, 3.05) is 42.9 Å². The topological polar surface area (TPSA) is 90.5 Å². The van der Waals surface area contributed by atoms with Crippen LogP contribution in [0.4, 0.5) is 16.3 Å². The largest absolute Gasteiger partial charge is 0.353 e. The average Bonchev–Trinajstić information content (AvgIpc) is 2.68. The third-order valence-electron chi connectivity index (χ3n) is 3.89. The molecule has 0 saturated carbocycles. The fraction of sp³-hybridized carbons (Fsp3) is 0.294. The lowest BCUT2D eigenvalue weighted by molar-refractivity contribution is -0.115. The lowest BCUT2D eigenvalue weighted by Gasteiger charge is -2.35. The second-order valence-corrected chi connectivity index (χ2v) is 5.61. The number of nitrogens with zero attached hydrogens (tertiary/aromatic N) is 4. The average molecular weight is 340 g/mol. The number of urea groups is 1. The first-order valence-corrected chi connectivity index (χ1v) is 8.11. The number of rotatable bonds is 4. The molecule has 2 aromatic heterocycles. The van der Waals surface area contributed by atoms with E-state index in [0.717, 1.165) is 5.82 Å². The minimum atomic E-state index is -0.284. The van der Waals surface area contributed by atoms with E-state index in [0.29, 0.717) is 31.9 Å². The molecule has 0 unspecified atom stereocenters. The number of pyridine rings is 2. The molecule has 25 heavy (non-hydrogen) atoms. The minimum absolute atomic E-state index is 0.0752. The van der Waals surface area contributed by atoms with Crippen LogP contribution in [0.1, 0.15) is 0 Å². The summed E-state index contributed by atoms with van der Waals surface area (Å²) in [5.74, 6) is 0.631. The molecular formula is C17H20N6O2. The Bertz CT molecular complexity index is 702. The Morgan fingerprint density at radius 1 is 1.04 bits per heavy atom. The van der Waals surface area contributed by atoms with Gasteiger partial charge in [-0.15, -0.1) is 0 Å². The fourth-order valence-corrected chi connectivity index (χ4v) is 2.59. The van der Waals surface area contributed by atoms with Crippen molar-refractivity contribution >= 4 is 23.4 Å². The normalized spacial score (nSPS) is 14.1. The summed E-state index contributed by atoms with van der Waals surface area (Å²) in [6, 6.07) is 9.02. The van der Waals surface area contributed by atoms with E-state index in [9.17, 15) is 9.59 Å². The van der Waals surface area contributed by atoms with Crippen molar-refractivity contribution < 1.29 is 9.59 Å². The number of hydrogen-bond donors (Lipinski definition) is 2. The summed E-state index contributed by atoms with van der Waals surface area (Å²) in [6.07, 6.45) is 4.94. The van der Waals surface area contributed by atoms with E-state index >= 15 is 0 Å². The van der Waals surface area contributed by atoms with Crippen LogP contribution >= 0.6 is 0 Å². The number of hydrogen-bond acceptors (Lipinski definition) is 5. The molecule has 2 N–H and O–H groups in total. The second-order valence-electron chi connectivity index (χ2n) is 5.61. The maximum atomic E-state index is 12.2. The fourth-order valence-electron chi connectivity index (χ4n) is 2.59. The smallest absolute Gasteiger partial charge is 0.317 e. The molecule has 3 heterocycles. The molecule has 0 bridgehead atoms. The predicted octanol–water partition coefficient (Wildman–Crippen LogP) is 0.947. The van der Waals surface area contributed by atoms with Crippen LogP contribution in [0.5, 0.6) is 0 Å². The first kappa shape index (κ1) is 16.7. The molecular weight excluding hydrogens is 320 g/mol. The van der Waals surface area contributed by atoms with Crippen LogP contribution < -0.4 is 15.5 Å². The first-order valence-electron chi connectivity index (χ1n) is 8.11. The van der Waals surface area contributed by atoms with Gasteiger partial charge in [0.05, 0.1) is 18.4 Å². The van der Waals surface area contributed by atoms with Crippen molar-refractivity contribution in [2.24, 2.45) is 0 Å². The molecule has 0 aromatic carbocycles. The standard InChI is InChI=1S/C17H20N6O2/c24-16(21-14-4-3-6-18-12-14)13-20-17(25)23-10-8-22(9-11-23)15-5-1-2-7-19-15/h1-7,12H,8-11,13H2,(H,20,25)(H,21,24). The molecule has 1 aliphatic rings. The maximum absolute atomic E-state index is 12.2. The van der Waals surface area contributed by atoms with E-state index in [2.05, 4.69) is 25.5 Å². The van der Waals surface area contributed by atoms with Gasteiger partial charge in [-0.1, -0.05) is 6.07 Å². The highest BCUT2D eigenvalue weighted by Gasteiger charge is 2.21. The van der Waals surface area contributed by atoms with E-state index in [4.69, 9.17) is 0 Å². The number of nitrogens with one attached hydrogen (secondary N) is 2. The third kappa shape index (κ3) is 4.66. The van der Waals surface area contributed by atoms with Gasteiger partial charge in [-0.25, -0.2) is 9.78 Å². The van der Waals surface area contributed by atoms with Crippen LogP contribution in [0.15, 0.2) is 48.9 Å². The van der Waals surface area contributed by atoms with Crippen molar-refractivity contribution in [1.29, 1.82) is 0 Å². The number of anilines is 2. The molecule has 1 aliphatic heterocycles. The molecule has 2 aromatic rings. The van der Waals surface area contributed by atoms with Gasteiger partial charge in [0.1, 0.15) is 5.82 Å². The Morgan fingerprint density at radius 2 is 1.88 bits per heavy atom. The van der Waals surface area contributed by atoms with Crippen LogP contribution in [0.25, 0.3) is 0 Å². The van der Waals surface area contributed by atoms with Crippen LogP contribution in [-0.2, 0) is 4.79 Å². The van der Waals surface area contributed by atoms with Crippen molar-refractivity contribution in [3.05, 3.63) is 48.9 Å². The summed E-state index contributed by atoms with van der Waals surface area (Å²) in [5.41, 5.74) is 0.603. The van der Waals surface area contributed by atoms with Crippen molar-refractivity contribution in [3.8, 4) is 0 Å². The Morgan fingerprint density at radius 3 is 2.56 bits per heavy atom. The van der Waals surface area contributed by atoms with E-state index in [1.165, 1.54) is 0 Å². The lowest BCUT2D eigenvalue weighted by Crippen LogP contribution is -2.52. The van der Waals surface area contributed by atoms with E-state index in [-0.39, 0.29) is 18.5 Å². The van der Waals surface area contributed by atoms with E-state index < -0.39 is 0 Å². The van der Waals surface area contributed by atoms with Crippen LogP contribution in [0, 0.1) is 0 Å². The summed E-state index contributed by atoms with van der Waals surface area (Å²) in [7, 11) is 0. The highest BCUT2D eigenvalue weighted by Crippen LogP contribution is 2.12. The number of amides is 3. The van der Waals surface area contributed by atoms with Crippen molar-refractivity contribution in [3.63, 3.8) is 0 Å². The zero-order chi connectivity index (χ0) is 17.5. The predicted molar refractivity (Wildman–Crippen MR) is 94.3 cm³/mol. The van der Waals surface area contributed by atoms with E-state index in [1.807, 2.05) is 18.2 Å². The lowest BCUT2D eigenvalue weighted by atomic mass is 10.3. The number of carbonyl (C=O) groups excluding carboxylic acids is 2. The molecule has 3 rings (SSSR count). The molecule has 3 amide bonds. The molecule has 0 atom stereocenters. The number of aromatic nitrogens is 2. The maximum Gasteiger partial charge on any atom is 0.317 e. The van der Waals surface area contributed by atoms with Gasteiger partial charge in [-0.3, -0.25) is 9.78 Å². The van der Waals surface area contributed by atoms with Crippen LogP contribution in [0.3, 0.4) is 0 Å². The summed E-state index contributed by atoms with van der Waals surface area (Å²) in [6.45, 7) is 2.53. The minimum Gasteiger partial charge on any atom is -0.353 e. The quantitative estimate of drug-likeness (QED) is 0.865. The SMILES string of the molecule is O=C(CNC(=O)N1CCN(c2ccccn2)CC1)Nc1cccnc1. The summed E-state index contributed by atoms with van der Waals surface area (Å²) in [5, 5.41) is 5.32. The molecule has 8 nitrogen and oxygen atoms in total. The summed E-state index contributed by atoms with van der Waals surface area (Å²) >= 11 is 0. The summed E-state index contributed by atoms with van der Waals surface area (Å²) < 4.78 is 0. The van der Waals surface area contributed by atoms with E-state index in [1.54, 1.807) is 35.6 Å². The van der Waals surface area contributed by atoms with Crippen LogP contribution in [0.2, 0.25) is 0 Å². The molecule has 0 aliphatic carbocycles. The van der Waals surface area contributed by atoms with Crippen molar-refractivity contribution in [2.45, 2.75) is 0 Å². The van der Waals surface area contributed by atoms with Gasteiger partial charge in [0.25, 0.3) is 0 Å². The Hall–Kier alpha value is -3.16. The molecule has 1 fully saturated rings. The molecule has 0 spiro atoms. The summed E-state index contributed by atoms with van der Waals surface area (Å²) in [4.78, 5) is 36.1. The van der Waals surface area contributed by atoms with Gasteiger partial charge in [-0.2, -0.15) is 0 Å². The number of carbonyl (C=O) groups is 2. The second kappa shape index (κ2) is 8.09. The molecule has 1 saturated heterocycles. The Balaban J connectivity index is 1.41. The number of piperazine rings is 1. The van der Waals surface area contributed by atoms with Gasteiger partial charge in [-0.05, 0) is 24.3 Å². The van der Waals surface area contributed by atoms with Gasteiger partial charge in [0.15, 0.2) is 0 Å². The van der Waals surface area contributed by atoms with Gasteiger partial charge < -0.3 is 20.4 Å². The zero-order valence-corrected chi connectivity index (χ0v) is 13.8. The van der Waals surface area contributed by atoms with Gasteiger partial charge in [0, 0.05) is 38.6 Å². The van der Waals surface area contributed by atoms with Crippen molar-refractivity contribution in [1.82, 2.24) is 20.2 Å². The Labute approximate surface area is 145 Å². The highest BCUT2D eigenvalue weighted by atomic mass is 16.2. The molecule has 0 radical (unpaired) electrons. The third-order valence-corrected chi connectivity index (χ3v) is 3.89. The molecule has 8 heteroatoms. The highest BCUT2D eigenvalue weighted by molar-refractivity contribution is 5.94.